The van der Waals surface area contributed by atoms with E-state index in [0.29, 0.717) is 6.16 Å². The van der Waals surface area contributed by atoms with E-state index in [1.54, 1.807) is 7.11 Å². The summed E-state index contributed by atoms with van der Waals surface area (Å²) in [6.07, 6.45) is 2.04. The summed E-state index contributed by atoms with van der Waals surface area (Å²) in [4.78, 5) is 25.9. The molecule has 1 unspecified atom stereocenters. The van der Waals surface area contributed by atoms with Gasteiger partial charge >= 0.3 is 187 Å². The normalized spacial score (nSPS) is 12.7. The maximum atomic E-state index is 13.2. The molecule has 0 aliphatic rings. The van der Waals surface area contributed by atoms with Crippen LogP contribution in [0.3, 0.4) is 0 Å². The molecule has 2 aromatic carbocycles. The first kappa shape index (κ1) is 24.9. The Hall–Kier alpha value is -2.39. The number of benzene rings is 2. The third-order valence-corrected chi connectivity index (χ3v) is 12.4. The van der Waals surface area contributed by atoms with Crippen molar-refractivity contribution in [3.63, 3.8) is 0 Å². The summed E-state index contributed by atoms with van der Waals surface area (Å²) in [5.74, 6) is 0.534. The van der Waals surface area contributed by atoms with Crippen LogP contribution < -0.4 is 10.1 Å². The second kappa shape index (κ2) is 11.3. The van der Waals surface area contributed by atoms with Crippen LogP contribution in [-0.4, -0.2) is 43.1 Å². The van der Waals surface area contributed by atoms with Crippen molar-refractivity contribution < 1.29 is 19.1 Å². The van der Waals surface area contributed by atoms with Gasteiger partial charge in [0.15, 0.2) is 0 Å². The van der Waals surface area contributed by atoms with Gasteiger partial charge in [-0.05, 0) is 0 Å². The Morgan fingerprint density at radius 2 is 1.61 bits per heavy atom. The fourth-order valence-corrected chi connectivity index (χ4v) is 7.93. The van der Waals surface area contributed by atoms with Crippen molar-refractivity contribution >= 4 is 24.8 Å². The van der Waals surface area contributed by atoms with Crippen LogP contribution in [0.2, 0.25) is 0 Å². The molecule has 170 valence electrons. The molecule has 0 aromatic heterocycles. The van der Waals surface area contributed by atoms with E-state index in [-0.39, 0.29) is 24.1 Å². The van der Waals surface area contributed by atoms with E-state index in [0.717, 1.165) is 40.5 Å². The molecule has 0 aliphatic carbocycles. The number of ether oxygens (including phenoxy) is 2. The molecule has 31 heavy (non-hydrogen) atoms. The average molecular weight is 446 g/mol. The molecule has 2 aromatic rings. The summed E-state index contributed by atoms with van der Waals surface area (Å²) in [5, 5.41) is 3.12. The van der Waals surface area contributed by atoms with Gasteiger partial charge in [0.05, 0.1) is 0 Å². The van der Waals surface area contributed by atoms with Crippen molar-refractivity contribution in [1.82, 2.24) is 0 Å². The van der Waals surface area contributed by atoms with E-state index in [1.165, 1.54) is 0 Å². The standard InChI is InChI=1S/C25H36NO4P/c1-7-31(8-2,17-23(27)30-16-21-12-10-9-11-13-21)20(5)25(28)26-24-18(3)14-22(29-6)15-19(24)4/h9-15,20,31H,7-8,16-17H2,1-6H3,(H,26,28). The Kier molecular flexibility index (Phi) is 9.06. The maximum absolute atomic E-state index is 13.2. The average Bonchev–Trinajstić information content (AvgIpc) is 2.78. The van der Waals surface area contributed by atoms with Gasteiger partial charge in [0.2, 0.25) is 0 Å². The molecule has 6 heteroatoms. The predicted octanol–water partition coefficient (Wildman–Crippen LogP) is 5.17. The second-order valence-electron chi connectivity index (χ2n) is 8.24. The Labute approximate surface area is 186 Å². The first-order valence-electron chi connectivity index (χ1n) is 10.9. The van der Waals surface area contributed by atoms with E-state index >= 15 is 0 Å². The Morgan fingerprint density at radius 3 is 2.13 bits per heavy atom. The number of rotatable bonds is 10. The molecular weight excluding hydrogens is 409 g/mol. The Morgan fingerprint density at radius 1 is 1.03 bits per heavy atom. The Balaban J connectivity index is 2.11. The van der Waals surface area contributed by atoms with Crippen LogP contribution in [0.1, 0.15) is 37.5 Å². The second-order valence-corrected chi connectivity index (χ2v) is 13.6. The van der Waals surface area contributed by atoms with Crippen molar-refractivity contribution in [3.05, 3.63) is 59.2 Å². The van der Waals surface area contributed by atoms with Gasteiger partial charge in [0.25, 0.3) is 0 Å². The summed E-state index contributed by atoms with van der Waals surface area (Å²) in [6.45, 7) is 10.3. The van der Waals surface area contributed by atoms with Crippen LogP contribution in [0.15, 0.2) is 42.5 Å². The number of carbonyl (C=O) groups excluding carboxylic acids is 2. The molecule has 1 atom stereocenters. The minimum atomic E-state index is -2.23. The number of methoxy groups -OCH3 is 1. The molecular formula is C25H36NO4P. The van der Waals surface area contributed by atoms with E-state index in [2.05, 4.69) is 19.2 Å². The molecule has 0 saturated heterocycles. The van der Waals surface area contributed by atoms with E-state index in [1.807, 2.05) is 63.2 Å². The molecule has 0 fully saturated rings. The molecule has 0 bridgehead atoms. The summed E-state index contributed by atoms with van der Waals surface area (Å²) < 4.78 is 10.9. The van der Waals surface area contributed by atoms with Crippen molar-refractivity contribution in [2.45, 2.75) is 46.9 Å². The summed E-state index contributed by atoms with van der Waals surface area (Å²) >= 11 is 0. The molecule has 0 spiro atoms. The van der Waals surface area contributed by atoms with Crippen molar-refractivity contribution in [3.8, 4) is 5.75 Å². The fourth-order valence-electron chi connectivity index (χ4n) is 4.09. The van der Waals surface area contributed by atoms with Crippen molar-refractivity contribution in [2.24, 2.45) is 0 Å². The number of nitrogens with one attached hydrogen (secondary N) is 1. The first-order valence-corrected chi connectivity index (χ1v) is 13.6. The van der Waals surface area contributed by atoms with Gasteiger partial charge < -0.3 is 0 Å². The number of carbonyl (C=O) groups is 2. The number of aryl methyl sites for hydroxylation is 2. The van der Waals surface area contributed by atoms with Crippen LogP contribution in [0.25, 0.3) is 0 Å². The number of hydrogen-bond acceptors (Lipinski definition) is 4. The zero-order valence-corrected chi connectivity index (χ0v) is 20.6. The van der Waals surface area contributed by atoms with Gasteiger partial charge in [-0.15, -0.1) is 0 Å². The van der Waals surface area contributed by atoms with Gasteiger partial charge in [-0.1, -0.05) is 0 Å². The fraction of sp³-hybridized carbons (Fsp3) is 0.440. The topological polar surface area (TPSA) is 64.6 Å². The van der Waals surface area contributed by atoms with Gasteiger partial charge in [-0.3, -0.25) is 0 Å². The number of amides is 1. The van der Waals surface area contributed by atoms with Crippen LogP contribution >= 0.6 is 7.26 Å². The summed E-state index contributed by atoms with van der Waals surface area (Å²) in [6, 6.07) is 13.5. The predicted molar refractivity (Wildman–Crippen MR) is 131 cm³/mol. The molecule has 1 N–H and O–H groups in total. The molecule has 2 rings (SSSR count). The van der Waals surface area contributed by atoms with E-state index < -0.39 is 7.26 Å². The van der Waals surface area contributed by atoms with Crippen molar-refractivity contribution in [2.75, 3.05) is 30.9 Å². The number of anilines is 1. The quantitative estimate of drug-likeness (QED) is 0.405. The molecule has 1 amide bonds. The third kappa shape index (κ3) is 6.30. The number of esters is 1. The Bertz CT molecular complexity index is 871. The van der Waals surface area contributed by atoms with Gasteiger partial charge in [-0.2, -0.15) is 0 Å². The van der Waals surface area contributed by atoms with Crippen LogP contribution in [0.5, 0.6) is 5.75 Å². The summed E-state index contributed by atoms with van der Waals surface area (Å²) in [7, 11) is -0.596. The zero-order chi connectivity index (χ0) is 23.0. The van der Waals surface area contributed by atoms with E-state index in [9.17, 15) is 9.59 Å². The number of hydrogen-bond donors (Lipinski definition) is 1. The molecule has 5 nitrogen and oxygen atoms in total. The molecule has 0 aliphatic heterocycles. The van der Waals surface area contributed by atoms with Gasteiger partial charge in [0, 0.05) is 0 Å². The summed E-state index contributed by atoms with van der Waals surface area (Å²) in [5.41, 5.74) is 3.49. The van der Waals surface area contributed by atoms with E-state index in [4.69, 9.17) is 9.47 Å². The van der Waals surface area contributed by atoms with Crippen LogP contribution in [-0.2, 0) is 20.9 Å². The SMILES string of the molecule is CC[PH](CC)(CC(=O)OCc1ccccc1)C(C)C(=O)Nc1c(C)cc(OC)cc1C. The first-order chi connectivity index (χ1) is 14.8. The van der Waals surface area contributed by atoms with Crippen LogP contribution in [0, 0.1) is 13.8 Å². The third-order valence-electron chi connectivity index (χ3n) is 6.45. The van der Waals surface area contributed by atoms with Crippen LogP contribution in [0.4, 0.5) is 5.69 Å². The van der Waals surface area contributed by atoms with Crippen molar-refractivity contribution in [1.29, 1.82) is 0 Å². The minimum absolute atomic E-state index is 0.0254. The zero-order valence-electron chi connectivity index (χ0n) is 19.6. The molecule has 0 saturated carbocycles. The molecule has 0 heterocycles. The van der Waals surface area contributed by atoms with Gasteiger partial charge in [0.1, 0.15) is 0 Å². The monoisotopic (exact) mass is 445 g/mol. The molecule has 0 radical (unpaired) electrons. The van der Waals surface area contributed by atoms with Gasteiger partial charge in [-0.25, -0.2) is 0 Å².